The smallest absolute Gasteiger partial charge is 0.338 e. The van der Waals surface area contributed by atoms with Crippen LogP contribution in [0.2, 0.25) is 0 Å². The second kappa shape index (κ2) is 13.3. The van der Waals surface area contributed by atoms with Gasteiger partial charge in [0.2, 0.25) is 0 Å². The molecule has 1 aliphatic rings. The first kappa shape index (κ1) is 26.0. The molecule has 1 fully saturated rings. The Morgan fingerprint density at radius 3 is 2.43 bits per heavy atom. The SMILES string of the molecule is C=CCCCOC1CCC(OC(=O)c2ccc(C=CC(=O)OCc3cc(N)ccc3N)cc2)CC1. The highest BCUT2D eigenvalue weighted by molar-refractivity contribution is 5.90. The van der Waals surface area contributed by atoms with Crippen molar-refractivity contribution in [3.63, 3.8) is 0 Å². The van der Waals surface area contributed by atoms with Gasteiger partial charge in [-0.1, -0.05) is 18.2 Å². The molecular formula is C28H34N2O5. The third kappa shape index (κ3) is 8.61. The second-order valence-corrected chi connectivity index (χ2v) is 8.63. The van der Waals surface area contributed by atoms with Gasteiger partial charge in [0.15, 0.2) is 0 Å². The summed E-state index contributed by atoms with van der Waals surface area (Å²) < 4.78 is 16.8. The molecule has 0 radical (unpaired) electrons. The summed E-state index contributed by atoms with van der Waals surface area (Å²) in [7, 11) is 0. The maximum absolute atomic E-state index is 12.5. The van der Waals surface area contributed by atoms with Gasteiger partial charge in [0.1, 0.15) is 12.7 Å². The van der Waals surface area contributed by atoms with Crippen molar-refractivity contribution in [1.29, 1.82) is 0 Å². The number of esters is 2. The summed E-state index contributed by atoms with van der Waals surface area (Å²) in [6.07, 6.45) is 10.4. The van der Waals surface area contributed by atoms with Gasteiger partial charge in [0.05, 0.1) is 11.7 Å². The van der Waals surface area contributed by atoms with Gasteiger partial charge in [0.25, 0.3) is 0 Å². The third-order valence-electron chi connectivity index (χ3n) is 5.90. The number of rotatable bonds is 11. The summed E-state index contributed by atoms with van der Waals surface area (Å²) in [5.74, 6) is -0.842. The first-order chi connectivity index (χ1) is 16.9. The molecule has 0 aromatic heterocycles. The summed E-state index contributed by atoms with van der Waals surface area (Å²) >= 11 is 0. The third-order valence-corrected chi connectivity index (χ3v) is 5.90. The Kier molecular flexibility index (Phi) is 9.93. The molecule has 2 aromatic carbocycles. The molecule has 0 atom stereocenters. The molecule has 1 aliphatic carbocycles. The molecule has 0 unspecified atom stereocenters. The van der Waals surface area contributed by atoms with Gasteiger partial charge in [-0.3, -0.25) is 0 Å². The van der Waals surface area contributed by atoms with Crippen LogP contribution in [0.15, 0.2) is 61.2 Å². The summed E-state index contributed by atoms with van der Waals surface area (Å²) in [5, 5.41) is 0. The van der Waals surface area contributed by atoms with E-state index < -0.39 is 5.97 Å². The fourth-order valence-corrected chi connectivity index (χ4v) is 3.86. The highest BCUT2D eigenvalue weighted by atomic mass is 16.5. The molecule has 0 aliphatic heterocycles. The van der Waals surface area contributed by atoms with Crippen LogP contribution in [-0.2, 0) is 25.6 Å². The lowest BCUT2D eigenvalue weighted by atomic mass is 9.95. The van der Waals surface area contributed by atoms with Crippen molar-refractivity contribution in [2.75, 3.05) is 18.1 Å². The molecule has 7 nitrogen and oxygen atoms in total. The van der Waals surface area contributed by atoms with Gasteiger partial charge >= 0.3 is 11.9 Å². The van der Waals surface area contributed by atoms with E-state index in [0.717, 1.165) is 50.7 Å². The number of nitrogens with two attached hydrogens (primary N) is 2. The minimum atomic E-state index is -0.504. The van der Waals surface area contributed by atoms with Crippen molar-refractivity contribution in [2.45, 2.75) is 57.3 Å². The van der Waals surface area contributed by atoms with Crippen LogP contribution in [0.5, 0.6) is 0 Å². The Bertz CT molecular complexity index is 1020. The Morgan fingerprint density at radius 2 is 1.71 bits per heavy atom. The molecule has 0 amide bonds. The predicted octanol–water partition coefficient (Wildman–Crippen LogP) is 5.06. The van der Waals surface area contributed by atoms with E-state index in [0.29, 0.717) is 22.5 Å². The summed E-state index contributed by atoms with van der Waals surface area (Å²) in [5.41, 5.74) is 14.5. The van der Waals surface area contributed by atoms with E-state index in [-0.39, 0.29) is 24.8 Å². The Labute approximate surface area is 206 Å². The number of nitrogen functional groups attached to an aromatic ring is 2. The maximum Gasteiger partial charge on any atom is 0.338 e. The molecule has 0 bridgehead atoms. The number of anilines is 2. The zero-order valence-electron chi connectivity index (χ0n) is 20.0. The lowest BCUT2D eigenvalue weighted by molar-refractivity contribution is -0.138. The average molecular weight is 479 g/mol. The molecule has 186 valence electrons. The molecular weight excluding hydrogens is 444 g/mol. The molecule has 2 aromatic rings. The molecule has 35 heavy (non-hydrogen) atoms. The van der Waals surface area contributed by atoms with Crippen LogP contribution < -0.4 is 11.5 Å². The normalized spacial score (nSPS) is 17.7. The van der Waals surface area contributed by atoms with Crippen molar-refractivity contribution in [1.82, 2.24) is 0 Å². The topological polar surface area (TPSA) is 114 Å². The molecule has 0 spiro atoms. The Balaban J connectivity index is 1.41. The first-order valence-electron chi connectivity index (χ1n) is 12.0. The van der Waals surface area contributed by atoms with E-state index in [9.17, 15) is 9.59 Å². The molecule has 1 saturated carbocycles. The van der Waals surface area contributed by atoms with Crippen LogP contribution in [-0.4, -0.2) is 30.8 Å². The van der Waals surface area contributed by atoms with Gasteiger partial charge in [-0.15, -0.1) is 6.58 Å². The van der Waals surface area contributed by atoms with Crippen molar-refractivity contribution >= 4 is 29.4 Å². The summed E-state index contributed by atoms with van der Waals surface area (Å²) in [6, 6.07) is 11.9. The highest BCUT2D eigenvalue weighted by Gasteiger charge is 2.24. The van der Waals surface area contributed by atoms with Gasteiger partial charge < -0.3 is 25.7 Å². The number of hydrogen-bond donors (Lipinski definition) is 2. The maximum atomic E-state index is 12.5. The monoisotopic (exact) mass is 478 g/mol. The lowest BCUT2D eigenvalue weighted by Gasteiger charge is -2.28. The molecule has 7 heteroatoms. The largest absolute Gasteiger partial charge is 0.459 e. The van der Waals surface area contributed by atoms with Gasteiger partial charge in [-0.25, -0.2) is 9.59 Å². The van der Waals surface area contributed by atoms with E-state index in [1.54, 1.807) is 48.5 Å². The number of benzene rings is 2. The number of hydrogen-bond acceptors (Lipinski definition) is 7. The van der Waals surface area contributed by atoms with E-state index in [4.69, 9.17) is 25.7 Å². The number of ether oxygens (including phenoxy) is 3. The van der Waals surface area contributed by atoms with E-state index in [1.807, 2.05) is 6.08 Å². The fraction of sp³-hybridized carbons (Fsp3) is 0.357. The molecule has 4 N–H and O–H groups in total. The standard InChI is InChI=1S/C28H34N2O5/c1-2-3-4-17-33-24-11-13-25(14-12-24)35-28(32)21-8-5-20(6-9-21)7-16-27(31)34-19-22-18-23(29)10-15-26(22)30/h2,5-10,15-16,18,24-25H,1,3-4,11-14,17,19,29-30H2. The van der Waals surface area contributed by atoms with Crippen LogP contribution in [0.25, 0.3) is 6.08 Å². The summed E-state index contributed by atoms with van der Waals surface area (Å²) in [4.78, 5) is 24.5. The fourth-order valence-electron chi connectivity index (χ4n) is 3.86. The summed E-state index contributed by atoms with van der Waals surface area (Å²) in [6.45, 7) is 4.50. The van der Waals surface area contributed by atoms with Crippen molar-refractivity contribution in [3.05, 3.63) is 77.9 Å². The Hall–Kier alpha value is -3.58. The van der Waals surface area contributed by atoms with E-state index >= 15 is 0 Å². The minimum absolute atomic E-state index is 0.0359. The van der Waals surface area contributed by atoms with E-state index in [1.165, 1.54) is 6.08 Å². The van der Waals surface area contributed by atoms with Crippen LogP contribution in [0.3, 0.4) is 0 Å². The molecule has 0 saturated heterocycles. The first-order valence-corrected chi connectivity index (χ1v) is 12.0. The number of unbranched alkanes of at least 4 members (excludes halogenated alkanes) is 1. The minimum Gasteiger partial charge on any atom is -0.459 e. The van der Waals surface area contributed by atoms with Crippen LogP contribution in [0.4, 0.5) is 11.4 Å². The quantitative estimate of drug-likeness (QED) is 0.153. The second-order valence-electron chi connectivity index (χ2n) is 8.63. The van der Waals surface area contributed by atoms with Crippen molar-refractivity contribution in [3.8, 4) is 0 Å². The zero-order valence-corrected chi connectivity index (χ0v) is 20.0. The van der Waals surface area contributed by atoms with E-state index in [2.05, 4.69) is 6.58 Å². The lowest BCUT2D eigenvalue weighted by Crippen LogP contribution is -2.28. The predicted molar refractivity (Wildman–Crippen MR) is 137 cm³/mol. The zero-order chi connectivity index (χ0) is 25.0. The van der Waals surface area contributed by atoms with Crippen LogP contribution in [0, 0.1) is 0 Å². The van der Waals surface area contributed by atoms with Crippen molar-refractivity contribution < 1.29 is 23.8 Å². The average Bonchev–Trinajstić information content (AvgIpc) is 2.87. The van der Waals surface area contributed by atoms with Crippen molar-refractivity contribution in [2.24, 2.45) is 0 Å². The number of carbonyl (C=O) groups excluding carboxylic acids is 2. The van der Waals surface area contributed by atoms with Crippen LogP contribution in [0.1, 0.15) is 60.0 Å². The molecule has 3 rings (SSSR count). The molecule has 0 heterocycles. The highest BCUT2D eigenvalue weighted by Crippen LogP contribution is 2.25. The van der Waals surface area contributed by atoms with Gasteiger partial charge in [-0.2, -0.15) is 0 Å². The Morgan fingerprint density at radius 1 is 1.00 bits per heavy atom. The van der Waals surface area contributed by atoms with Crippen LogP contribution >= 0.6 is 0 Å². The van der Waals surface area contributed by atoms with Gasteiger partial charge in [0, 0.05) is 29.6 Å². The number of carbonyl (C=O) groups is 2. The van der Waals surface area contributed by atoms with Gasteiger partial charge in [-0.05, 0) is 80.5 Å². The number of allylic oxidation sites excluding steroid dienone is 1.